The summed E-state index contributed by atoms with van der Waals surface area (Å²) in [5, 5.41) is 14.5. The lowest BCUT2D eigenvalue weighted by Crippen LogP contribution is -2.37. The molecular weight excluding hydrogens is 312 g/mol. The summed E-state index contributed by atoms with van der Waals surface area (Å²) in [6, 6.07) is 5.98. The maximum absolute atomic E-state index is 12.1. The molecule has 1 aliphatic rings. The number of hydrogen-bond acceptors (Lipinski definition) is 3. The van der Waals surface area contributed by atoms with Gasteiger partial charge in [0.05, 0.1) is 4.92 Å². The fourth-order valence-electron chi connectivity index (χ4n) is 2.42. The molecular formula is C13H15BrN2O3. The van der Waals surface area contributed by atoms with Crippen LogP contribution in [0.1, 0.15) is 29.6 Å². The highest BCUT2D eigenvalue weighted by molar-refractivity contribution is 9.09. The molecule has 0 bridgehead atoms. The monoisotopic (exact) mass is 326 g/mol. The Kier molecular flexibility index (Phi) is 4.52. The molecule has 2 rings (SSSR count). The highest BCUT2D eigenvalue weighted by Gasteiger charge is 2.28. The van der Waals surface area contributed by atoms with E-state index in [2.05, 4.69) is 21.2 Å². The summed E-state index contributed by atoms with van der Waals surface area (Å²) in [7, 11) is 0. The van der Waals surface area contributed by atoms with E-state index in [0.29, 0.717) is 11.5 Å². The topological polar surface area (TPSA) is 72.2 Å². The minimum Gasteiger partial charge on any atom is -0.349 e. The molecule has 1 aromatic rings. The van der Waals surface area contributed by atoms with E-state index in [-0.39, 0.29) is 17.6 Å². The van der Waals surface area contributed by atoms with Crippen LogP contribution < -0.4 is 5.32 Å². The summed E-state index contributed by atoms with van der Waals surface area (Å²) in [6.07, 6.45) is 3.18. The molecule has 6 heteroatoms. The normalized spacial score (nSPS) is 22.2. The van der Waals surface area contributed by atoms with E-state index in [1.54, 1.807) is 6.07 Å². The number of nitrogens with zero attached hydrogens (tertiary/aromatic N) is 1. The average molecular weight is 327 g/mol. The van der Waals surface area contributed by atoms with Gasteiger partial charge in [-0.3, -0.25) is 14.9 Å². The fraction of sp³-hybridized carbons (Fsp3) is 0.462. The Morgan fingerprint density at radius 3 is 2.95 bits per heavy atom. The number of benzene rings is 1. The van der Waals surface area contributed by atoms with Gasteiger partial charge in [-0.15, -0.1) is 0 Å². The van der Waals surface area contributed by atoms with E-state index in [1.807, 2.05) is 0 Å². The molecule has 102 valence electrons. The number of halogens is 1. The van der Waals surface area contributed by atoms with Crippen molar-refractivity contribution < 1.29 is 9.72 Å². The molecule has 1 saturated carbocycles. The quantitative estimate of drug-likeness (QED) is 0.525. The summed E-state index contributed by atoms with van der Waals surface area (Å²) < 4.78 is 0. The Morgan fingerprint density at radius 2 is 2.26 bits per heavy atom. The van der Waals surface area contributed by atoms with Crippen LogP contribution in [0.3, 0.4) is 0 Å². The fourth-order valence-corrected chi connectivity index (χ4v) is 3.20. The Labute approximate surface area is 119 Å². The van der Waals surface area contributed by atoms with Crippen molar-refractivity contribution in [3.8, 4) is 0 Å². The van der Waals surface area contributed by atoms with Crippen molar-refractivity contribution >= 4 is 27.5 Å². The number of carbonyl (C=O) groups excluding carboxylic acids is 1. The number of hydrogen-bond donors (Lipinski definition) is 1. The van der Waals surface area contributed by atoms with Crippen LogP contribution >= 0.6 is 15.9 Å². The summed E-state index contributed by atoms with van der Waals surface area (Å²) >= 11 is 3.45. The minimum atomic E-state index is -0.492. The highest BCUT2D eigenvalue weighted by Crippen LogP contribution is 2.27. The van der Waals surface area contributed by atoms with Crippen molar-refractivity contribution in [2.45, 2.75) is 25.3 Å². The standard InChI is InChI=1S/C13H15BrN2O3/c14-8-10-4-2-6-12(10)15-13(17)9-3-1-5-11(7-9)16(18)19/h1,3,5,7,10,12H,2,4,6,8H2,(H,15,17). The molecule has 1 aromatic carbocycles. The molecule has 0 spiro atoms. The van der Waals surface area contributed by atoms with Crippen LogP contribution in [0.2, 0.25) is 0 Å². The lowest BCUT2D eigenvalue weighted by atomic mass is 10.1. The molecule has 0 saturated heterocycles. The van der Waals surface area contributed by atoms with Gasteiger partial charge in [0.25, 0.3) is 11.6 Å². The second kappa shape index (κ2) is 6.14. The number of non-ortho nitro benzene ring substituents is 1. The van der Waals surface area contributed by atoms with Gasteiger partial charge in [-0.1, -0.05) is 28.4 Å². The lowest BCUT2D eigenvalue weighted by Gasteiger charge is -2.18. The molecule has 0 aliphatic heterocycles. The molecule has 1 aliphatic carbocycles. The first-order valence-corrected chi connectivity index (χ1v) is 7.35. The number of nitrogens with one attached hydrogen (secondary N) is 1. The zero-order valence-electron chi connectivity index (χ0n) is 10.3. The van der Waals surface area contributed by atoms with Crippen molar-refractivity contribution in [3.63, 3.8) is 0 Å². The third kappa shape index (κ3) is 3.32. The van der Waals surface area contributed by atoms with Crippen LogP contribution in [-0.4, -0.2) is 22.2 Å². The first kappa shape index (κ1) is 14.0. The maximum atomic E-state index is 12.1. The molecule has 2 atom stereocenters. The number of nitro groups is 1. The van der Waals surface area contributed by atoms with Gasteiger partial charge in [-0.25, -0.2) is 0 Å². The van der Waals surface area contributed by atoms with Gasteiger partial charge >= 0.3 is 0 Å². The zero-order chi connectivity index (χ0) is 13.8. The van der Waals surface area contributed by atoms with Crippen LogP contribution in [0.5, 0.6) is 0 Å². The van der Waals surface area contributed by atoms with Crippen LogP contribution in [0, 0.1) is 16.0 Å². The predicted octanol–water partition coefficient (Wildman–Crippen LogP) is 2.89. The van der Waals surface area contributed by atoms with Gasteiger partial charge in [0.2, 0.25) is 0 Å². The van der Waals surface area contributed by atoms with E-state index in [1.165, 1.54) is 18.2 Å². The number of carbonyl (C=O) groups is 1. The summed E-state index contributed by atoms with van der Waals surface area (Å²) in [4.78, 5) is 22.3. The van der Waals surface area contributed by atoms with E-state index >= 15 is 0 Å². The summed E-state index contributed by atoms with van der Waals surface area (Å²) in [5.41, 5.74) is 0.283. The van der Waals surface area contributed by atoms with Gasteiger partial charge in [0.1, 0.15) is 0 Å². The first-order valence-electron chi connectivity index (χ1n) is 6.23. The smallest absolute Gasteiger partial charge is 0.270 e. The van der Waals surface area contributed by atoms with Crippen molar-refractivity contribution in [1.29, 1.82) is 0 Å². The van der Waals surface area contributed by atoms with Crippen molar-refractivity contribution in [2.24, 2.45) is 5.92 Å². The van der Waals surface area contributed by atoms with Crippen molar-refractivity contribution in [1.82, 2.24) is 5.32 Å². The molecule has 0 heterocycles. The predicted molar refractivity (Wildman–Crippen MR) is 75.5 cm³/mol. The molecule has 1 amide bonds. The maximum Gasteiger partial charge on any atom is 0.270 e. The van der Waals surface area contributed by atoms with E-state index in [4.69, 9.17) is 0 Å². The Bertz CT molecular complexity index is 493. The van der Waals surface area contributed by atoms with Gasteiger partial charge in [0, 0.05) is 29.1 Å². The third-order valence-corrected chi connectivity index (χ3v) is 4.32. The van der Waals surface area contributed by atoms with Crippen molar-refractivity contribution in [2.75, 3.05) is 5.33 Å². The van der Waals surface area contributed by atoms with E-state index < -0.39 is 4.92 Å². The average Bonchev–Trinajstić information content (AvgIpc) is 2.86. The minimum absolute atomic E-state index is 0.0592. The second-order valence-corrected chi connectivity index (χ2v) is 5.38. The third-order valence-electron chi connectivity index (χ3n) is 3.49. The molecule has 2 unspecified atom stereocenters. The largest absolute Gasteiger partial charge is 0.349 e. The van der Waals surface area contributed by atoms with Crippen LogP contribution in [0.25, 0.3) is 0 Å². The van der Waals surface area contributed by atoms with Crippen molar-refractivity contribution in [3.05, 3.63) is 39.9 Å². The van der Waals surface area contributed by atoms with Gasteiger partial charge in [0.15, 0.2) is 0 Å². The summed E-state index contributed by atoms with van der Waals surface area (Å²) in [6.45, 7) is 0. The summed E-state index contributed by atoms with van der Waals surface area (Å²) in [5.74, 6) is 0.212. The van der Waals surface area contributed by atoms with E-state index in [9.17, 15) is 14.9 Å². The highest BCUT2D eigenvalue weighted by atomic mass is 79.9. The lowest BCUT2D eigenvalue weighted by molar-refractivity contribution is -0.384. The number of nitro benzene ring substituents is 1. The SMILES string of the molecule is O=C(NC1CCCC1CBr)c1cccc([N+](=O)[O-])c1. The molecule has 0 aromatic heterocycles. The van der Waals surface area contributed by atoms with Gasteiger partial charge < -0.3 is 5.32 Å². The van der Waals surface area contributed by atoms with Crippen LogP contribution in [0.15, 0.2) is 24.3 Å². The number of amides is 1. The Morgan fingerprint density at radius 1 is 1.47 bits per heavy atom. The van der Waals surface area contributed by atoms with Gasteiger partial charge in [-0.2, -0.15) is 0 Å². The first-order chi connectivity index (χ1) is 9.11. The van der Waals surface area contributed by atoms with Gasteiger partial charge in [-0.05, 0) is 24.8 Å². The second-order valence-electron chi connectivity index (χ2n) is 4.73. The molecule has 1 N–H and O–H groups in total. The molecule has 5 nitrogen and oxygen atoms in total. The number of rotatable bonds is 4. The van der Waals surface area contributed by atoms with E-state index in [0.717, 1.165) is 24.6 Å². The molecule has 0 radical (unpaired) electrons. The Hall–Kier alpha value is -1.43. The Balaban J connectivity index is 2.07. The molecule has 19 heavy (non-hydrogen) atoms. The van der Waals surface area contributed by atoms with Crippen LogP contribution in [0.4, 0.5) is 5.69 Å². The zero-order valence-corrected chi connectivity index (χ0v) is 11.9. The van der Waals surface area contributed by atoms with Crippen LogP contribution in [-0.2, 0) is 0 Å². The molecule has 1 fully saturated rings. The number of alkyl halides is 1.